The van der Waals surface area contributed by atoms with Gasteiger partial charge in [0.2, 0.25) is 0 Å². The summed E-state index contributed by atoms with van der Waals surface area (Å²) in [6.45, 7) is 5.85. The Morgan fingerprint density at radius 2 is 1.68 bits per heavy atom. The number of hydrogen-bond donors (Lipinski definition) is 0. The molecule has 2 heterocycles. The first kappa shape index (κ1) is 15.9. The first-order valence-corrected chi connectivity index (χ1v) is 9.33. The largest absolute Gasteiger partial charge is 0.375 e. The zero-order chi connectivity index (χ0) is 15.7. The van der Waals surface area contributed by atoms with E-state index in [-0.39, 0.29) is 12.1 Å². The summed E-state index contributed by atoms with van der Waals surface area (Å²) in [7, 11) is -3.42. The zero-order valence-electron chi connectivity index (χ0n) is 13.2. The standard InChI is InChI=1S/C16H24N2O3S/c1-13-12-21-14(2)11-18(13)22(19,20)17-9-7-15-5-3-4-6-16(15)8-10-17/h3-6,13-14H,7-12H2,1-2H3/t13-,14-/m0/s1. The van der Waals surface area contributed by atoms with E-state index in [1.165, 1.54) is 11.1 Å². The molecular weight excluding hydrogens is 300 g/mol. The lowest BCUT2D eigenvalue weighted by Gasteiger charge is -2.38. The maximum atomic E-state index is 13.0. The van der Waals surface area contributed by atoms with Crippen LogP contribution in [0.3, 0.4) is 0 Å². The van der Waals surface area contributed by atoms with Crippen LogP contribution in [0.15, 0.2) is 24.3 Å². The fraction of sp³-hybridized carbons (Fsp3) is 0.625. The summed E-state index contributed by atoms with van der Waals surface area (Å²) in [4.78, 5) is 0. The van der Waals surface area contributed by atoms with Gasteiger partial charge in [0.05, 0.1) is 12.7 Å². The molecular formula is C16H24N2O3S. The van der Waals surface area contributed by atoms with Crippen LogP contribution in [0.2, 0.25) is 0 Å². The maximum Gasteiger partial charge on any atom is 0.282 e. The molecule has 1 aromatic rings. The Labute approximate surface area is 133 Å². The van der Waals surface area contributed by atoms with Crippen LogP contribution in [-0.2, 0) is 27.8 Å². The van der Waals surface area contributed by atoms with Crippen molar-refractivity contribution >= 4 is 10.2 Å². The van der Waals surface area contributed by atoms with Crippen LogP contribution in [0.5, 0.6) is 0 Å². The van der Waals surface area contributed by atoms with Gasteiger partial charge in [0.25, 0.3) is 10.2 Å². The van der Waals surface area contributed by atoms with Gasteiger partial charge in [0.1, 0.15) is 0 Å². The third kappa shape index (κ3) is 3.06. The average Bonchev–Trinajstić information content (AvgIpc) is 2.72. The average molecular weight is 324 g/mol. The number of benzene rings is 1. The van der Waals surface area contributed by atoms with E-state index in [0.717, 1.165) is 12.8 Å². The van der Waals surface area contributed by atoms with E-state index in [1.54, 1.807) is 8.61 Å². The van der Waals surface area contributed by atoms with E-state index in [9.17, 15) is 8.42 Å². The third-order valence-electron chi connectivity index (χ3n) is 4.55. The normalized spacial score (nSPS) is 28.1. The molecule has 2 atom stereocenters. The molecule has 0 aromatic heterocycles. The third-order valence-corrected chi connectivity index (χ3v) is 6.67. The van der Waals surface area contributed by atoms with Crippen LogP contribution in [-0.4, -0.2) is 55.4 Å². The SMILES string of the molecule is C[C@H]1CN(S(=O)(=O)N2CCc3ccccc3CC2)[C@@H](C)CO1. The summed E-state index contributed by atoms with van der Waals surface area (Å²) in [6.07, 6.45) is 1.52. The molecule has 0 bridgehead atoms. The van der Waals surface area contributed by atoms with Crippen LogP contribution >= 0.6 is 0 Å². The summed E-state index contributed by atoms with van der Waals surface area (Å²) in [6, 6.07) is 8.14. The van der Waals surface area contributed by atoms with Gasteiger partial charge in [-0.25, -0.2) is 0 Å². The second-order valence-corrected chi connectivity index (χ2v) is 8.12. The highest BCUT2D eigenvalue weighted by Crippen LogP contribution is 2.22. The Bertz CT molecular complexity index is 605. The molecule has 1 saturated heterocycles. The minimum Gasteiger partial charge on any atom is -0.375 e. The van der Waals surface area contributed by atoms with Gasteiger partial charge in [0.15, 0.2) is 0 Å². The van der Waals surface area contributed by atoms with Crippen molar-refractivity contribution in [2.24, 2.45) is 0 Å². The monoisotopic (exact) mass is 324 g/mol. The van der Waals surface area contributed by atoms with E-state index in [4.69, 9.17) is 4.74 Å². The van der Waals surface area contributed by atoms with Crippen LogP contribution in [0.1, 0.15) is 25.0 Å². The van der Waals surface area contributed by atoms with Crippen molar-refractivity contribution in [1.82, 2.24) is 8.61 Å². The molecule has 5 nitrogen and oxygen atoms in total. The van der Waals surface area contributed by atoms with Gasteiger partial charge in [-0.3, -0.25) is 0 Å². The van der Waals surface area contributed by atoms with Gasteiger partial charge in [-0.15, -0.1) is 0 Å². The highest BCUT2D eigenvalue weighted by Gasteiger charge is 2.37. The van der Waals surface area contributed by atoms with Crippen molar-refractivity contribution in [2.75, 3.05) is 26.2 Å². The summed E-state index contributed by atoms with van der Waals surface area (Å²) < 4.78 is 34.8. The van der Waals surface area contributed by atoms with E-state index < -0.39 is 10.2 Å². The number of ether oxygens (including phenoxy) is 1. The van der Waals surface area contributed by atoms with Gasteiger partial charge in [0, 0.05) is 25.7 Å². The Balaban J connectivity index is 1.79. The Kier molecular flexibility index (Phi) is 4.54. The second-order valence-electron chi connectivity index (χ2n) is 6.24. The maximum absolute atomic E-state index is 13.0. The van der Waals surface area contributed by atoms with Crippen molar-refractivity contribution in [3.63, 3.8) is 0 Å². The minimum absolute atomic E-state index is 0.0462. The Hall–Kier alpha value is -0.950. The quantitative estimate of drug-likeness (QED) is 0.827. The topological polar surface area (TPSA) is 49.9 Å². The second kappa shape index (κ2) is 6.28. The van der Waals surface area contributed by atoms with E-state index in [2.05, 4.69) is 12.1 Å². The van der Waals surface area contributed by atoms with Gasteiger partial charge in [-0.1, -0.05) is 24.3 Å². The Morgan fingerprint density at radius 1 is 1.09 bits per heavy atom. The fourth-order valence-corrected chi connectivity index (χ4v) is 5.08. The molecule has 0 unspecified atom stereocenters. The molecule has 3 rings (SSSR count). The molecule has 0 radical (unpaired) electrons. The van der Waals surface area contributed by atoms with E-state index >= 15 is 0 Å². The summed E-state index contributed by atoms with van der Waals surface area (Å²) in [5.74, 6) is 0. The molecule has 22 heavy (non-hydrogen) atoms. The predicted molar refractivity (Wildman–Crippen MR) is 85.9 cm³/mol. The summed E-state index contributed by atoms with van der Waals surface area (Å²) in [5, 5.41) is 0. The van der Waals surface area contributed by atoms with Crippen molar-refractivity contribution in [1.29, 1.82) is 0 Å². The molecule has 0 amide bonds. The van der Waals surface area contributed by atoms with Crippen LogP contribution in [0, 0.1) is 0 Å². The van der Waals surface area contributed by atoms with Crippen LogP contribution in [0.4, 0.5) is 0 Å². The molecule has 0 aliphatic carbocycles. The first-order valence-electron chi connectivity index (χ1n) is 7.94. The molecule has 0 N–H and O–H groups in total. The zero-order valence-corrected chi connectivity index (χ0v) is 14.1. The van der Waals surface area contributed by atoms with Crippen LogP contribution in [0.25, 0.3) is 0 Å². The Morgan fingerprint density at radius 3 is 2.27 bits per heavy atom. The lowest BCUT2D eigenvalue weighted by Crippen LogP contribution is -2.55. The molecule has 122 valence electrons. The molecule has 2 aliphatic heterocycles. The number of morpholine rings is 1. The van der Waals surface area contributed by atoms with Gasteiger partial charge >= 0.3 is 0 Å². The first-order chi connectivity index (χ1) is 10.5. The fourth-order valence-electron chi connectivity index (χ4n) is 3.22. The summed E-state index contributed by atoms with van der Waals surface area (Å²) in [5.41, 5.74) is 2.53. The molecule has 0 saturated carbocycles. The van der Waals surface area contributed by atoms with Crippen LogP contribution < -0.4 is 0 Å². The molecule has 2 aliphatic rings. The van der Waals surface area contributed by atoms with Crippen molar-refractivity contribution < 1.29 is 13.2 Å². The minimum atomic E-state index is -3.42. The lowest BCUT2D eigenvalue weighted by molar-refractivity contribution is -0.0190. The predicted octanol–water partition coefficient (Wildman–Crippen LogP) is 1.44. The smallest absolute Gasteiger partial charge is 0.282 e. The lowest BCUT2D eigenvalue weighted by atomic mass is 10.0. The van der Waals surface area contributed by atoms with Crippen molar-refractivity contribution in [3.05, 3.63) is 35.4 Å². The highest BCUT2D eigenvalue weighted by atomic mass is 32.2. The number of rotatable bonds is 2. The van der Waals surface area contributed by atoms with Crippen molar-refractivity contribution in [3.8, 4) is 0 Å². The van der Waals surface area contributed by atoms with Gasteiger partial charge < -0.3 is 4.74 Å². The van der Waals surface area contributed by atoms with E-state index in [0.29, 0.717) is 26.2 Å². The molecule has 0 spiro atoms. The molecule has 6 heteroatoms. The highest BCUT2D eigenvalue weighted by molar-refractivity contribution is 7.86. The number of fused-ring (bicyclic) bond motifs is 1. The van der Waals surface area contributed by atoms with Gasteiger partial charge in [-0.05, 0) is 37.8 Å². The van der Waals surface area contributed by atoms with Gasteiger partial charge in [-0.2, -0.15) is 17.0 Å². The number of nitrogens with zero attached hydrogens (tertiary/aromatic N) is 2. The number of hydrogen-bond acceptors (Lipinski definition) is 3. The summed E-state index contributed by atoms with van der Waals surface area (Å²) >= 11 is 0. The molecule has 1 aromatic carbocycles. The van der Waals surface area contributed by atoms with Crippen molar-refractivity contribution in [2.45, 2.75) is 38.8 Å². The molecule has 1 fully saturated rings. The van der Waals surface area contributed by atoms with E-state index in [1.807, 2.05) is 26.0 Å².